The number of hydrogen-bond donors (Lipinski definition) is 2. The van der Waals surface area contributed by atoms with Crippen molar-refractivity contribution in [2.24, 2.45) is 0 Å². The number of rotatable bonds is 7. The maximum Gasteiger partial charge on any atom is 0.319 e. The maximum atomic E-state index is 13.2. The summed E-state index contributed by atoms with van der Waals surface area (Å²) in [6.07, 6.45) is 9.02. The number of benzene rings is 2. The first kappa shape index (κ1) is 25.4. The minimum atomic E-state index is -0.441. The number of allylic oxidation sites excluding steroid dienone is 1. The second kappa shape index (κ2) is 11.0. The van der Waals surface area contributed by atoms with Crippen LogP contribution in [0.15, 0.2) is 48.4 Å². The van der Waals surface area contributed by atoms with Crippen LogP contribution in [-0.2, 0) is 6.54 Å². The molecule has 0 bridgehead atoms. The molecule has 5 rings (SSSR count). The topological polar surface area (TPSA) is 88.1 Å². The first-order valence-corrected chi connectivity index (χ1v) is 12.6. The lowest BCUT2D eigenvalue weighted by molar-refractivity contribution is 0.101. The Morgan fingerprint density at radius 3 is 2.74 bits per heavy atom. The van der Waals surface area contributed by atoms with Crippen LogP contribution in [0.1, 0.15) is 15.9 Å². The van der Waals surface area contributed by atoms with E-state index < -0.39 is 6.03 Å². The van der Waals surface area contributed by atoms with Gasteiger partial charge in [0.2, 0.25) is 5.78 Å². The number of Topliss-reactive ketones (excluding diaryl/α,β-unsaturated/α-hetero) is 1. The number of amides is 2. The van der Waals surface area contributed by atoms with Gasteiger partial charge >= 0.3 is 6.03 Å². The van der Waals surface area contributed by atoms with Gasteiger partial charge in [0.05, 0.1) is 19.2 Å². The van der Waals surface area contributed by atoms with E-state index in [1.165, 1.54) is 0 Å². The van der Waals surface area contributed by atoms with Gasteiger partial charge in [0, 0.05) is 67.6 Å². The fraction of sp³-hybridized carbons (Fsp3) is 0.310. The maximum absolute atomic E-state index is 13.2. The minimum absolute atomic E-state index is 0.111. The van der Waals surface area contributed by atoms with Gasteiger partial charge in [-0.2, -0.15) is 0 Å². The highest BCUT2D eigenvalue weighted by atomic mass is 16.5. The second-order valence-electron chi connectivity index (χ2n) is 9.47. The van der Waals surface area contributed by atoms with Crippen LogP contribution in [0.25, 0.3) is 17.0 Å². The molecule has 0 saturated carbocycles. The lowest BCUT2D eigenvalue weighted by Gasteiger charge is -2.32. The quantitative estimate of drug-likeness (QED) is 0.373. The molecule has 0 radical (unpaired) electrons. The third-order valence-corrected chi connectivity index (χ3v) is 6.94. The molecular weight excluding hydrogens is 482 g/mol. The number of carbonyl (C=O) groups excluding carboxylic acids is 2. The molecule has 1 saturated heterocycles. The normalized spacial score (nSPS) is 16.8. The first-order chi connectivity index (χ1) is 18.4. The average Bonchev–Trinajstić information content (AvgIpc) is 3.43. The zero-order valence-electron chi connectivity index (χ0n) is 21.6. The number of piperazine rings is 1. The monoisotopic (exact) mass is 513 g/mol. The zero-order valence-corrected chi connectivity index (χ0v) is 21.6. The van der Waals surface area contributed by atoms with E-state index in [0.717, 1.165) is 61.5 Å². The van der Waals surface area contributed by atoms with Crippen molar-refractivity contribution in [2.75, 3.05) is 58.7 Å². The molecular formula is C29H31N5O4. The molecule has 0 unspecified atom stereocenters. The third-order valence-electron chi connectivity index (χ3n) is 6.94. The van der Waals surface area contributed by atoms with Gasteiger partial charge in [0.15, 0.2) is 5.76 Å². The number of ether oxygens (including phenoxy) is 2. The average molecular weight is 514 g/mol. The van der Waals surface area contributed by atoms with E-state index in [1.807, 2.05) is 12.1 Å². The molecule has 1 aromatic heterocycles. The van der Waals surface area contributed by atoms with E-state index >= 15 is 0 Å². The molecule has 38 heavy (non-hydrogen) atoms. The molecule has 2 amide bonds. The Morgan fingerprint density at radius 2 is 1.97 bits per heavy atom. The number of likely N-dealkylation sites (N-methyl/N-ethyl adjacent to an activating group) is 1. The Morgan fingerprint density at radius 1 is 1.16 bits per heavy atom. The van der Waals surface area contributed by atoms with Crippen molar-refractivity contribution < 1.29 is 19.1 Å². The third kappa shape index (κ3) is 5.37. The highest BCUT2D eigenvalue weighted by Crippen LogP contribution is 2.35. The molecule has 2 N–H and O–H groups in total. The number of terminal acetylenes is 1. The van der Waals surface area contributed by atoms with Crippen LogP contribution in [-0.4, -0.2) is 79.6 Å². The lowest BCUT2D eigenvalue weighted by atomic mass is 10.1. The number of nitrogens with zero attached hydrogens (tertiary/aromatic N) is 3. The van der Waals surface area contributed by atoms with Crippen LogP contribution >= 0.6 is 0 Å². The summed E-state index contributed by atoms with van der Waals surface area (Å²) in [6.45, 7) is 6.17. The van der Waals surface area contributed by atoms with Crippen molar-refractivity contribution in [3.05, 3.63) is 59.5 Å². The highest BCUT2D eigenvalue weighted by molar-refractivity contribution is 6.15. The molecule has 3 heterocycles. The van der Waals surface area contributed by atoms with Gasteiger partial charge in [-0.1, -0.05) is 5.92 Å². The van der Waals surface area contributed by atoms with Gasteiger partial charge in [-0.25, -0.2) is 4.79 Å². The Kier molecular flexibility index (Phi) is 7.36. The van der Waals surface area contributed by atoms with Crippen LogP contribution < -0.4 is 20.1 Å². The minimum Gasteiger partial charge on any atom is -0.497 e. The van der Waals surface area contributed by atoms with Crippen LogP contribution in [0, 0.1) is 12.3 Å². The van der Waals surface area contributed by atoms with Gasteiger partial charge in [0.25, 0.3) is 0 Å². The Balaban J connectivity index is 1.39. The summed E-state index contributed by atoms with van der Waals surface area (Å²) in [5.74, 6) is 3.53. The number of urea groups is 1. The van der Waals surface area contributed by atoms with E-state index in [9.17, 15) is 9.59 Å². The summed E-state index contributed by atoms with van der Waals surface area (Å²) in [5, 5.41) is 6.19. The van der Waals surface area contributed by atoms with Gasteiger partial charge in [0.1, 0.15) is 11.5 Å². The van der Waals surface area contributed by atoms with Crippen LogP contribution in [0.5, 0.6) is 11.5 Å². The fourth-order valence-electron chi connectivity index (χ4n) is 4.77. The largest absolute Gasteiger partial charge is 0.497 e. The van der Waals surface area contributed by atoms with E-state index in [-0.39, 0.29) is 18.1 Å². The van der Waals surface area contributed by atoms with E-state index in [4.69, 9.17) is 15.9 Å². The number of nitrogens with one attached hydrogen (secondary N) is 2. The number of aromatic nitrogens is 1. The summed E-state index contributed by atoms with van der Waals surface area (Å²) in [6, 6.07) is 10.5. The smallest absolute Gasteiger partial charge is 0.319 e. The molecule has 2 aliphatic heterocycles. The van der Waals surface area contributed by atoms with Gasteiger partial charge in [-0.15, -0.1) is 6.42 Å². The SMILES string of the molecule is C#CCNC(=O)Nc1ccc2c(c1)C(=O)/C(=C/c1cn(CCN3CCN(C)CC3)c3ccc(OC)cc13)O2. The molecule has 0 atom stereocenters. The molecule has 2 aliphatic rings. The molecule has 9 heteroatoms. The van der Waals surface area contributed by atoms with Crippen molar-refractivity contribution in [3.63, 3.8) is 0 Å². The summed E-state index contributed by atoms with van der Waals surface area (Å²) in [4.78, 5) is 30.0. The molecule has 3 aromatic rings. The number of fused-ring (bicyclic) bond motifs is 2. The number of ketones is 1. The van der Waals surface area contributed by atoms with Crippen molar-refractivity contribution >= 4 is 34.5 Å². The van der Waals surface area contributed by atoms with E-state index in [0.29, 0.717) is 17.0 Å². The van der Waals surface area contributed by atoms with Crippen molar-refractivity contribution in [1.29, 1.82) is 0 Å². The molecule has 2 aromatic carbocycles. The number of hydrogen-bond acceptors (Lipinski definition) is 6. The molecule has 9 nitrogen and oxygen atoms in total. The Labute approximate surface area is 222 Å². The molecule has 0 spiro atoms. The Hall–Kier alpha value is -4.26. The van der Waals surface area contributed by atoms with Gasteiger partial charge in [-0.05, 0) is 49.5 Å². The van der Waals surface area contributed by atoms with Crippen molar-refractivity contribution in [2.45, 2.75) is 6.54 Å². The van der Waals surface area contributed by atoms with Crippen molar-refractivity contribution in [3.8, 4) is 23.8 Å². The molecule has 196 valence electrons. The number of anilines is 1. The van der Waals surface area contributed by atoms with Crippen LogP contribution in [0.3, 0.4) is 0 Å². The highest BCUT2D eigenvalue weighted by Gasteiger charge is 2.28. The number of carbonyl (C=O) groups is 2. The predicted octanol–water partition coefficient (Wildman–Crippen LogP) is 3.27. The fourth-order valence-corrected chi connectivity index (χ4v) is 4.77. The van der Waals surface area contributed by atoms with Crippen molar-refractivity contribution in [1.82, 2.24) is 19.7 Å². The predicted molar refractivity (Wildman–Crippen MR) is 148 cm³/mol. The van der Waals surface area contributed by atoms with Crippen LogP contribution in [0.2, 0.25) is 0 Å². The first-order valence-electron chi connectivity index (χ1n) is 12.6. The standard InChI is InChI=1S/C29H31N5O4/c1-4-9-30-29(36)31-21-5-8-26-24(17-21)28(35)27(38-26)16-20-19-34(15-14-33-12-10-32(2)11-13-33)25-7-6-22(37-3)18-23(20)25/h1,5-8,16-19H,9-15H2,2-3H3,(H2,30,31,36)/b27-16-. The molecule has 1 fully saturated rings. The summed E-state index contributed by atoms with van der Waals surface area (Å²) < 4.78 is 13.6. The van der Waals surface area contributed by atoms with Gasteiger partial charge < -0.3 is 29.6 Å². The van der Waals surface area contributed by atoms with E-state index in [2.05, 4.69) is 50.2 Å². The number of methoxy groups -OCH3 is 1. The van der Waals surface area contributed by atoms with Gasteiger partial charge in [-0.3, -0.25) is 9.69 Å². The molecule has 0 aliphatic carbocycles. The van der Waals surface area contributed by atoms with E-state index in [1.54, 1.807) is 31.4 Å². The summed E-state index contributed by atoms with van der Waals surface area (Å²) >= 11 is 0. The van der Waals surface area contributed by atoms with Crippen LogP contribution in [0.4, 0.5) is 10.5 Å². The second-order valence-corrected chi connectivity index (χ2v) is 9.47. The lowest BCUT2D eigenvalue weighted by Crippen LogP contribution is -2.45. The Bertz CT molecular complexity index is 1440. The summed E-state index contributed by atoms with van der Waals surface area (Å²) in [7, 11) is 3.80. The summed E-state index contributed by atoms with van der Waals surface area (Å²) in [5.41, 5.74) is 2.81. The zero-order chi connectivity index (χ0) is 26.6.